The Bertz CT molecular complexity index is 184. The van der Waals surface area contributed by atoms with Gasteiger partial charge in [0.1, 0.15) is 0 Å². The van der Waals surface area contributed by atoms with E-state index < -0.39 is 22.5 Å². The molecule has 1 aliphatic rings. The van der Waals surface area contributed by atoms with Crippen molar-refractivity contribution in [2.24, 2.45) is 0 Å². The van der Waals surface area contributed by atoms with Crippen molar-refractivity contribution in [3.63, 3.8) is 0 Å². The van der Waals surface area contributed by atoms with Crippen LogP contribution in [-0.4, -0.2) is 11.8 Å². The summed E-state index contributed by atoms with van der Waals surface area (Å²) >= 11 is 4.83. The Morgan fingerprint density at radius 1 is 1.10 bits per heavy atom. The van der Waals surface area contributed by atoms with E-state index in [2.05, 4.69) is 0 Å². The third kappa shape index (κ3) is 0.576. The fraction of sp³-hybridized carbons (Fsp3) is 0.600. The molecule has 0 nitrogen and oxygen atoms in total. The van der Waals surface area contributed by atoms with Crippen LogP contribution in [-0.2, 0) is 0 Å². The van der Waals surface area contributed by atoms with Crippen LogP contribution in [0.5, 0.6) is 0 Å². The molecule has 0 aromatic heterocycles. The molecule has 0 heterocycles. The molecule has 0 bridgehead atoms. The minimum Gasteiger partial charge on any atom is -0.194 e. The van der Waals surface area contributed by atoms with Crippen molar-refractivity contribution < 1.29 is 17.6 Å². The van der Waals surface area contributed by atoms with Crippen molar-refractivity contribution in [2.45, 2.75) is 18.8 Å². The number of allylic oxidation sites excluding steroid dienone is 2. The lowest BCUT2D eigenvalue weighted by molar-refractivity contribution is -0.183. The molecular weight excluding hydrogens is 172 g/mol. The number of halogens is 5. The van der Waals surface area contributed by atoms with Gasteiger partial charge >= 0.3 is 11.8 Å². The Balaban J connectivity index is 3.10. The van der Waals surface area contributed by atoms with Crippen molar-refractivity contribution >= 4 is 11.6 Å². The van der Waals surface area contributed by atoms with Crippen molar-refractivity contribution in [1.82, 2.24) is 0 Å². The van der Waals surface area contributed by atoms with Crippen LogP contribution in [0.3, 0.4) is 0 Å². The lowest BCUT2D eigenvalue weighted by Crippen LogP contribution is -2.51. The number of alkyl halides is 4. The van der Waals surface area contributed by atoms with Crippen molar-refractivity contribution in [3.8, 4) is 0 Å². The molecule has 1 rings (SSSR count). The third-order valence-electron chi connectivity index (χ3n) is 1.47. The number of rotatable bonds is 0. The predicted octanol–water partition coefficient (Wildman–Crippen LogP) is 2.78. The van der Waals surface area contributed by atoms with Gasteiger partial charge in [0.05, 0.1) is 5.03 Å². The van der Waals surface area contributed by atoms with Gasteiger partial charge in [0.2, 0.25) is 0 Å². The molecule has 0 atom stereocenters. The fourth-order valence-corrected chi connectivity index (χ4v) is 0.921. The normalized spacial score (nSPS) is 28.2. The van der Waals surface area contributed by atoms with Crippen LogP contribution in [0.1, 0.15) is 6.92 Å². The minimum absolute atomic E-state index is 0.737. The van der Waals surface area contributed by atoms with Gasteiger partial charge in [-0.05, 0) is 6.92 Å². The molecule has 0 saturated heterocycles. The van der Waals surface area contributed by atoms with Gasteiger partial charge in [-0.15, -0.1) is 0 Å². The maximum Gasteiger partial charge on any atom is 0.349 e. The summed E-state index contributed by atoms with van der Waals surface area (Å²) < 4.78 is 48.2. The lowest BCUT2D eigenvalue weighted by Gasteiger charge is -2.36. The summed E-state index contributed by atoms with van der Waals surface area (Å²) in [5, 5.41) is -1.03. The SMILES string of the molecule is CC1=C(Cl)C(F)(F)C1(F)F. The molecule has 0 spiro atoms. The molecule has 10 heavy (non-hydrogen) atoms. The molecule has 0 aliphatic heterocycles. The highest BCUT2D eigenvalue weighted by Crippen LogP contribution is 2.56. The van der Waals surface area contributed by atoms with Crippen LogP contribution in [0, 0.1) is 0 Å². The van der Waals surface area contributed by atoms with E-state index in [0.29, 0.717) is 0 Å². The van der Waals surface area contributed by atoms with Gasteiger partial charge in [0, 0.05) is 5.57 Å². The van der Waals surface area contributed by atoms with Crippen LogP contribution >= 0.6 is 11.6 Å². The molecule has 0 N–H and O–H groups in total. The second-order valence-corrected chi connectivity index (χ2v) is 2.47. The number of hydrogen-bond donors (Lipinski definition) is 0. The van der Waals surface area contributed by atoms with Gasteiger partial charge in [0.15, 0.2) is 0 Å². The summed E-state index contributed by atoms with van der Waals surface area (Å²) in [7, 11) is 0. The van der Waals surface area contributed by atoms with Crippen LogP contribution < -0.4 is 0 Å². The van der Waals surface area contributed by atoms with Gasteiger partial charge in [0.25, 0.3) is 0 Å². The van der Waals surface area contributed by atoms with Crippen molar-refractivity contribution in [2.75, 3.05) is 0 Å². The average Bonchev–Trinajstić information content (AvgIpc) is 1.84. The van der Waals surface area contributed by atoms with Crippen LogP contribution in [0.2, 0.25) is 0 Å². The third-order valence-corrected chi connectivity index (χ3v) is 1.99. The zero-order valence-corrected chi connectivity index (χ0v) is 5.65. The smallest absolute Gasteiger partial charge is 0.194 e. The van der Waals surface area contributed by atoms with Crippen LogP contribution in [0.25, 0.3) is 0 Å². The maximum atomic E-state index is 12.1. The van der Waals surface area contributed by atoms with E-state index in [0.717, 1.165) is 6.92 Å². The van der Waals surface area contributed by atoms with Gasteiger partial charge < -0.3 is 0 Å². The largest absolute Gasteiger partial charge is 0.349 e. The highest BCUT2D eigenvalue weighted by Gasteiger charge is 2.69. The highest BCUT2D eigenvalue weighted by molar-refractivity contribution is 6.32. The van der Waals surface area contributed by atoms with E-state index in [9.17, 15) is 17.6 Å². The first-order valence-corrected chi connectivity index (χ1v) is 2.82. The highest BCUT2D eigenvalue weighted by atomic mass is 35.5. The van der Waals surface area contributed by atoms with Crippen LogP contribution in [0.4, 0.5) is 17.6 Å². The first-order chi connectivity index (χ1) is 4.32. The lowest BCUT2D eigenvalue weighted by atomic mass is 9.90. The van der Waals surface area contributed by atoms with E-state index in [-0.39, 0.29) is 0 Å². The summed E-state index contributed by atoms with van der Waals surface area (Å²) in [6, 6.07) is 0. The van der Waals surface area contributed by atoms with E-state index in [4.69, 9.17) is 11.6 Å². The molecule has 0 saturated carbocycles. The summed E-state index contributed by atoms with van der Waals surface area (Å²) in [5.41, 5.74) is -0.737. The molecule has 1 aliphatic carbocycles. The molecule has 5 heteroatoms. The summed E-state index contributed by atoms with van der Waals surface area (Å²) in [6.45, 7) is 0.889. The summed E-state index contributed by atoms with van der Waals surface area (Å²) in [5.74, 6) is -8.18. The van der Waals surface area contributed by atoms with Gasteiger partial charge in [-0.2, -0.15) is 17.6 Å². The summed E-state index contributed by atoms with van der Waals surface area (Å²) in [6.07, 6.45) is 0. The quantitative estimate of drug-likeness (QED) is 0.496. The Hall–Kier alpha value is -0.250. The minimum atomic E-state index is -4.14. The Kier molecular flexibility index (Phi) is 1.31. The first-order valence-electron chi connectivity index (χ1n) is 2.44. The zero-order valence-electron chi connectivity index (χ0n) is 4.89. The maximum absolute atomic E-state index is 12.1. The average molecular weight is 175 g/mol. The standard InChI is InChI=1S/C5H3ClF4/c1-2-3(6)5(9,10)4(2,7)8/h1H3. The Morgan fingerprint density at radius 3 is 1.60 bits per heavy atom. The fourth-order valence-electron chi connectivity index (χ4n) is 0.684. The number of hydrogen-bond acceptors (Lipinski definition) is 0. The summed E-state index contributed by atoms with van der Waals surface area (Å²) in [4.78, 5) is 0. The molecule has 0 radical (unpaired) electrons. The molecule has 58 valence electrons. The zero-order chi connectivity index (χ0) is 8.15. The second kappa shape index (κ2) is 1.67. The van der Waals surface area contributed by atoms with E-state index >= 15 is 0 Å². The van der Waals surface area contributed by atoms with E-state index in [1.165, 1.54) is 0 Å². The second-order valence-electron chi connectivity index (χ2n) is 2.09. The van der Waals surface area contributed by atoms with E-state index in [1.807, 2.05) is 0 Å². The predicted molar refractivity (Wildman–Crippen MR) is 28.4 cm³/mol. The Morgan fingerprint density at radius 2 is 1.50 bits per heavy atom. The molecule has 0 aromatic carbocycles. The monoisotopic (exact) mass is 174 g/mol. The first kappa shape index (κ1) is 7.85. The van der Waals surface area contributed by atoms with Gasteiger partial charge in [-0.3, -0.25) is 0 Å². The molecule has 0 fully saturated rings. The molecular formula is C5H3ClF4. The van der Waals surface area contributed by atoms with Crippen molar-refractivity contribution in [1.29, 1.82) is 0 Å². The Labute approximate surface area is 59.5 Å². The molecule has 0 aromatic rings. The van der Waals surface area contributed by atoms with E-state index in [1.54, 1.807) is 0 Å². The molecule has 0 unspecified atom stereocenters. The van der Waals surface area contributed by atoms with Gasteiger partial charge in [-0.1, -0.05) is 11.6 Å². The molecule has 0 amide bonds. The topological polar surface area (TPSA) is 0 Å². The van der Waals surface area contributed by atoms with Crippen LogP contribution in [0.15, 0.2) is 10.6 Å². The van der Waals surface area contributed by atoms with Gasteiger partial charge in [-0.25, -0.2) is 0 Å². The van der Waals surface area contributed by atoms with Crippen molar-refractivity contribution in [3.05, 3.63) is 10.6 Å².